The zero-order valence-corrected chi connectivity index (χ0v) is 20.3. The summed E-state index contributed by atoms with van der Waals surface area (Å²) in [6, 6.07) is 9.61. The number of carbonyl (C=O) groups is 4. The molecule has 13 heteroatoms. The minimum atomic E-state index is -1.02. The van der Waals surface area contributed by atoms with Gasteiger partial charge in [0, 0.05) is 30.8 Å². The van der Waals surface area contributed by atoms with Crippen LogP contribution in [0.1, 0.15) is 33.6 Å². The van der Waals surface area contributed by atoms with E-state index >= 15 is 0 Å². The third kappa shape index (κ3) is 6.12. The quantitative estimate of drug-likeness (QED) is 0.169. The first-order valence-corrected chi connectivity index (χ1v) is 12.0. The fourth-order valence-electron chi connectivity index (χ4n) is 4.12. The van der Waals surface area contributed by atoms with Crippen molar-refractivity contribution in [1.82, 2.24) is 10.2 Å². The largest absolute Gasteiger partial charge is 0.491 e. The van der Waals surface area contributed by atoms with E-state index in [1.165, 1.54) is 30.3 Å². The van der Waals surface area contributed by atoms with Crippen LogP contribution in [0.3, 0.4) is 0 Å². The van der Waals surface area contributed by atoms with Crippen LogP contribution < -0.4 is 15.4 Å². The van der Waals surface area contributed by atoms with Gasteiger partial charge in [0.2, 0.25) is 11.8 Å². The molecule has 13 nitrogen and oxygen atoms in total. The van der Waals surface area contributed by atoms with Crippen molar-refractivity contribution < 1.29 is 38.3 Å². The van der Waals surface area contributed by atoms with E-state index in [-0.39, 0.29) is 36.3 Å². The molecule has 2 heterocycles. The highest BCUT2D eigenvalue weighted by Crippen LogP contribution is 2.32. The molecule has 38 heavy (non-hydrogen) atoms. The second kappa shape index (κ2) is 12.3. The topological polar surface area (TPSA) is 166 Å². The van der Waals surface area contributed by atoms with Crippen LogP contribution in [-0.2, 0) is 19.1 Å². The van der Waals surface area contributed by atoms with Crippen molar-refractivity contribution in [2.24, 2.45) is 0 Å². The van der Waals surface area contributed by atoms with E-state index in [4.69, 9.17) is 14.2 Å². The van der Waals surface area contributed by atoms with E-state index in [1.807, 2.05) is 0 Å². The molecular weight excluding hydrogens is 500 g/mol. The highest BCUT2D eigenvalue weighted by Gasteiger charge is 2.45. The maximum atomic E-state index is 13.1. The van der Waals surface area contributed by atoms with Crippen molar-refractivity contribution in [2.75, 3.05) is 44.9 Å². The number of fused-ring (bicyclic) bond motifs is 1. The second-order valence-corrected chi connectivity index (χ2v) is 8.43. The van der Waals surface area contributed by atoms with Gasteiger partial charge in [-0.1, -0.05) is 6.07 Å². The van der Waals surface area contributed by atoms with Crippen molar-refractivity contribution in [1.29, 1.82) is 0 Å². The number of carbonyl (C=O) groups excluding carboxylic acids is 4. The number of anilines is 1. The summed E-state index contributed by atoms with van der Waals surface area (Å²) in [6.07, 6.45) is 0.154. The SMILES string of the molecule is O=C1CCC(N2C(=O)c3cccc(NCCOCCOCCOc4ccc([N+](=O)[O-])cc4)c3C2=O)C(=O)N1. The summed E-state index contributed by atoms with van der Waals surface area (Å²) in [5.41, 5.74) is 0.846. The van der Waals surface area contributed by atoms with Crippen LogP contribution in [-0.4, -0.2) is 79.1 Å². The number of nitrogens with zero attached hydrogens (tertiary/aromatic N) is 2. The van der Waals surface area contributed by atoms with Gasteiger partial charge in [0.05, 0.1) is 42.5 Å². The third-order valence-electron chi connectivity index (χ3n) is 5.95. The minimum absolute atomic E-state index is 0.00817. The van der Waals surface area contributed by atoms with E-state index in [1.54, 1.807) is 12.1 Å². The monoisotopic (exact) mass is 526 g/mol. The molecule has 1 unspecified atom stereocenters. The number of non-ortho nitro benzene ring substituents is 1. The molecule has 2 aliphatic rings. The molecule has 4 amide bonds. The van der Waals surface area contributed by atoms with Crippen molar-refractivity contribution >= 4 is 35.0 Å². The number of amides is 4. The number of nitro groups is 1. The maximum Gasteiger partial charge on any atom is 0.269 e. The standard InChI is InChI=1S/C25H26N4O9/c30-21-9-8-20(23(31)27-21)28-24(32)18-2-1-3-19(22(18)25(28)33)26-10-11-36-12-13-37-14-15-38-17-6-4-16(5-7-17)29(34)35/h1-7,20,26H,8-15H2,(H,27,30,31). The average Bonchev–Trinajstić information content (AvgIpc) is 3.15. The zero-order valence-electron chi connectivity index (χ0n) is 20.3. The van der Waals surface area contributed by atoms with Crippen LogP contribution in [0.15, 0.2) is 42.5 Å². The smallest absolute Gasteiger partial charge is 0.269 e. The molecule has 1 fully saturated rings. The van der Waals surface area contributed by atoms with Gasteiger partial charge in [-0.2, -0.15) is 0 Å². The summed E-state index contributed by atoms with van der Waals surface area (Å²) >= 11 is 0. The number of rotatable bonds is 13. The number of ether oxygens (including phenoxy) is 3. The molecule has 0 saturated carbocycles. The van der Waals surface area contributed by atoms with Gasteiger partial charge < -0.3 is 19.5 Å². The number of hydrogen-bond acceptors (Lipinski definition) is 10. The summed E-state index contributed by atoms with van der Waals surface area (Å²) in [5.74, 6) is -1.71. The van der Waals surface area contributed by atoms with Gasteiger partial charge in [-0.25, -0.2) is 0 Å². The van der Waals surface area contributed by atoms with Crippen LogP contribution in [0, 0.1) is 10.1 Å². The molecule has 2 N–H and O–H groups in total. The van der Waals surface area contributed by atoms with Gasteiger partial charge in [0.15, 0.2) is 0 Å². The molecule has 200 valence electrons. The Bertz CT molecular complexity index is 1230. The minimum Gasteiger partial charge on any atom is -0.491 e. The number of imide groups is 2. The van der Waals surface area contributed by atoms with Crippen LogP contribution in [0.4, 0.5) is 11.4 Å². The Kier molecular flexibility index (Phi) is 8.61. The molecule has 0 bridgehead atoms. The lowest BCUT2D eigenvalue weighted by molar-refractivity contribution is -0.384. The number of nitrogens with one attached hydrogen (secondary N) is 2. The molecule has 0 radical (unpaired) electrons. The van der Waals surface area contributed by atoms with E-state index in [0.29, 0.717) is 44.4 Å². The van der Waals surface area contributed by atoms with E-state index in [9.17, 15) is 29.3 Å². The number of piperidine rings is 1. The third-order valence-corrected chi connectivity index (χ3v) is 5.95. The number of nitro benzene ring substituents is 1. The van der Waals surface area contributed by atoms with E-state index in [2.05, 4.69) is 10.6 Å². The van der Waals surface area contributed by atoms with Crippen molar-refractivity contribution in [3.63, 3.8) is 0 Å². The zero-order chi connectivity index (χ0) is 27.1. The molecule has 0 aromatic heterocycles. The fourth-order valence-corrected chi connectivity index (χ4v) is 4.12. The van der Waals surface area contributed by atoms with Crippen LogP contribution in [0.5, 0.6) is 5.75 Å². The van der Waals surface area contributed by atoms with Crippen LogP contribution in [0.25, 0.3) is 0 Å². The van der Waals surface area contributed by atoms with E-state index in [0.717, 1.165) is 4.90 Å². The summed E-state index contributed by atoms with van der Waals surface area (Å²) in [4.78, 5) is 60.7. The lowest BCUT2D eigenvalue weighted by atomic mass is 10.0. The predicted octanol–water partition coefficient (Wildman–Crippen LogP) is 1.52. The van der Waals surface area contributed by atoms with E-state index < -0.39 is 34.6 Å². The molecule has 0 spiro atoms. The first-order chi connectivity index (χ1) is 18.4. The van der Waals surface area contributed by atoms with Crippen molar-refractivity contribution in [3.8, 4) is 5.75 Å². The number of benzene rings is 2. The number of hydrogen-bond donors (Lipinski definition) is 2. The Hall–Kier alpha value is -4.36. The van der Waals surface area contributed by atoms with Gasteiger partial charge >= 0.3 is 0 Å². The maximum absolute atomic E-state index is 13.1. The second-order valence-electron chi connectivity index (χ2n) is 8.43. The Labute approximate surface area is 217 Å². The molecular formula is C25H26N4O9. The lowest BCUT2D eigenvalue weighted by Crippen LogP contribution is -2.54. The first-order valence-electron chi connectivity index (χ1n) is 12.0. The normalized spacial score (nSPS) is 16.8. The first kappa shape index (κ1) is 26.7. The van der Waals surface area contributed by atoms with Crippen LogP contribution >= 0.6 is 0 Å². The summed E-state index contributed by atoms with van der Waals surface area (Å²) in [7, 11) is 0. The highest BCUT2D eigenvalue weighted by molar-refractivity contribution is 6.25. The predicted molar refractivity (Wildman–Crippen MR) is 132 cm³/mol. The molecule has 1 saturated heterocycles. The molecule has 2 aromatic carbocycles. The average molecular weight is 527 g/mol. The van der Waals surface area contributed by atoms with Gasteiger partial charge in [0.25, 0.3) is 17.5 Å². The van der Waals surface area contributed by atoms with Gasteiger partial charge in [-0.05, 0) is 30.7 Å². The molecule has 4 rings (SSSR count). The Balaban J connectivity index is 1.15. The molecule has 1 atom stereocenters. The summed E-state index contributed by atoms with van der Waals surface area (Å²) in [5, 5.41) is 15.9. The van der Waals surface area contributed by atoms with Crippen molar-refractivity contribution in [3.05, 3.63) is 63.7 Å². The Morgan fingerprint density at radius 2 is 1.66 bits per heavy atom. The molecule has 0 aliphatic carbocycles. The van der Waals surface area contributed by atoms with Gasteiger partial charge in [0.1, 0.15) is 18.4 Å². The molecule has 2 aromatic rings. The summed E-state index contributed by atoms with van der Waals surface area (Å²) in [6.45, 7) is 1.92. The Morgan fingerprint density at radius 1 is 0.947 bits per heavy atom. The lowest BCUT2D eigenvalue weighted by Gasteiger charge is -2.27. The Morgan fingerprint density at radius 3 is 2.37 bits per heavy atom. The van der Waals surface area contributed by atoms with Crippen LogP contribution in [0.2, 0.25) is 0 Å². The fraction of sp³-hybridized carbons (Fsp3) is 0.360. The van der Waals surface area contributed by atoms with Gasteiger partial charge in [-0.3, -0.25) is 39.5 Å². The van der Waals surface area contributed by atoms with Gasteiger partial charge in [-0.15, -0.1) is 0 Å². The highest BCUT2D eigenvalue weighted by atomic mass is 16.6. The molecule has 2 aliphatic heterocycles. The van der Waals surface area contributed by atoms with Crippen molar-refractivity contribution in [2.45, 2.75) is 18.9 Å². The summed E-state index contributed by atoms with van der Waals surface area (Å²) < 4.78 is 16.4.